The zero-order valence-corrected chi connectivity index (χ0v) is 21.2. The van der Waals surface area contributed by atoms with Crippen molar-refractivity contribution in [3.05, 3.63) is 136 Å². The average molecular weight is 513 g/mol. The smallest absolute Gasteiger partial charge is 0.269 e. The number of benzene rings is 4. The SMILES string of the molecule is O=[N+]([O-])c1ccc(CCN(Cc2ccccc2)C[C@H](O)COc2ccc(OCc3ccccc3)cc2)cc1. The molecule has 0 bridgehead atoms. The number of nitrogens with zero attached hydrogens (tertiary/aromatic N) is 2. The molecule has 7 heteroatoms. The topological polar surface area (TPSA) is 85.1 Å². The summed E-state index contributed by atoms with van der Waals surface area (Å²) in [5.41, 5.74) is 3.34. The quantitative estimate of drug-likeness (QED) is 0.173. The van der Waals surface area contributed by atoms with Crippen molar-refractivity contribution >= 4 is 5.69 Å². The Balaban J connectivity index is 1.28. The molecule has 0 aliphatic rings. The van der Waals surface area contributed by atoms with E-state index in [1.807, 2.05) is 72.8 Å². The Morgan fingerprint density at radius 1 is 0.737 bits per heavy atom. The van der Waals surface area contributed by atoms with Crippen LogP contribution in [0, 0.1) is 10.1 Å². The fourth-order valence-corrected chi connectivity index (χ4v) is 4.06. The molecule has 1 atom stereocenters. The summed E-state index contributed by atoms with van der Waals surface area (Å²) in [4.78, 5) is 12.7. The predicted octanol–water partition coefficient (Wildman–Crippen LogP) is 5.66. The van der Waals surface area contributed by atoms with Crippen molar-refractivity contribution in [1.29, 1.82) is 0 Å². The molecule has 0 saturated heterocycles. The Kier molecular flexibility index (Phi) is 9.84. The molecule has 0 saturated carbocycles. The summed E-state index contributed by atoms with van der Waals surface area (Å²) in [6.45, 7) is 2.46. The highest BCUT2D eigenvalue weighted by molar-refractivity contribution is 5.33. The van der Waals surface area contributed by atoms with Gasteiger partial charge in [0.15, 0.2) is 0 Å². The normalized spacial score (nSPS) is 11.7. The first-order valence-corrected chi connectivity index (χ1v) is 12.6. The third-order valence-corrected chi connectivity index (χ3v) is 6.10. The summed E-state index contributed by atoms with van der Waals surface area (Å²) < 4.78 is 11.7. The van der Waals surface area contributed by atoms with Gasteiger partial charge in [-0.1, -0.05) is 72.8 Å². The van der Waals surface area contributed by atoms with Gasteiger partial charge in [-0.05, 0) is 47.4 Å². The number of non-ortho nitro benzene ring substituents is 1. The zero-order chi connectivity index (χ0) is 26.6. The van der Waals surface area contributed by atoms with Gasteiger partial charge in [0.25, 0.3) is 5.69 Å². The lowest BCUT2D eigenvalue weighted by Gasteiger charge is -2.25. The van der Waals surface area contributed by atoms with Gasteiger partial charge in [-0.15, -0.1) is 0 Å². The second-order valence-corrected chi connectivity index (χ2v) is 9.10. The maximum absolute atomic E-state index is 10.9. The summed E-state index contributed by atoms with van der Waals surface area (Å²) in [7, 11) is 0. The molecule has 0 heterocycles. The highest BCUT2D eigenvalue weighted by Gasteiger charge is 2.14. The monoisotopic (exact) mass is 512 g/mol. The standard InChI is InChI=1S/C31H32N2O5/c34-29(24-38-31-17-15-30(16-18-31)37-23-27-9-5-2-6-10-27)22-32(21-26-7-3-1-4-8-26)20-19-25-11-13-28(14-12-25)33(35)36/h1-18,29,34H,19-24H2/t29-/m0/s1. The van der Waals surface area contributed by atoms with Gasteiger partial charge < -0.3 is 14.6 Å². The van der Waals surface area contributed by atoms with E-state index < -0.39 is 11.0 Å². The molecule has 0 radical (unpaired) electrons. The van der Waals surface area contributed by atoms with Crippen molar-refractivity contribution in [2.24, 2.45) is 0 Å². The molecule has 196 valence electrons. The van der Waals surface area contributed by atoms with E-state index in [4.69, 9.17) is 9.47 Å². The summed E-state index contributed by atoms with van der Waals surface area (Å²) in [6.07, 6.45) is 0.0210. The van der Waals surface area contributed by atoms with Crippen LogP contribution >= 0.6 is 0 Å². The number of ether oxygens (including phenoxy) is 2. The van der Waals surface area contributed by atoms with E-state index >= 15 is 0 Å². The minimum absolute atomic E-state index is 0.0817. The van der Waals surface area contributed by atoms with Crippen LogP contribution in [0.2, 0.25) is 0 Å². The molecule has 0 fully saturated rings. The molecule has 0 aliphatic carbocycles. The second-order valence-electron chi connectivity index (χ2n) is 9.10. The fourth-order valence-electron chi connectivity index (χ4n) is 4.06. The lowest BCUT2D eigenvalue weighted by Crippen LogP contribution is -2.36. The van der Waals surface area contributed by atoms with Gasteiger partial charge >= 0.3 is 0 Å². The Morgan fingerprint density at radius 2 is 1.32 bits per heavy atom. The molecule has 4 aromatic rings. The molecule has 7 nitrogen and oxygen atoms in total. The van der Waals surface area contributed by atoms with Gasteiger partial charge in [0, 0.05) is 31.8 Å². The second kappa shape index (κ2) is 13.9. The molecule has 0 unspecified atom stereocenters. The van der Waals surface area contributed by atoms with Gasteiger partial charge in [-0.3, -0.25) is 15.0 Å². The molecule has 4 rings (SSSR count). The number of nitro benzene ring substituents is 1. The van der Waals surface area contributed by atoms with Gasteiger partial charge in [0.1, 0.15) is 30.8 Å². The van der Waals surface area contributed by atoms with Crippen LogP contribution in [0.5, 0.6) is 11.5 Å². The maximum atomic E-state index is 10.9. The average Bonchev–Trinajstić information content (AvgIpc) is 2.95. The first-order chi connectivity index (χ1) is 18.5. The Morgan fingerprint density at radius 3 is 1.92 bits per heavy atom. The number of hydrogen-bond donors (Lipinski definition) is 1. The summed E-state index contributed by atoms with van der Waals surface area (Å²) in [5, 5.41) is 21.7. The van der Waals surface area contributed by atoms with Crippen LogP contribution in [0.15, 0.2) is 109 Å². The van der Waals surface area contributed by atoms with Crippen molar-refractivity contribution in [3.8, 4) is 11.5 Å². The Hall–Kier alpha value is -4.20. The molecule has 0 aliphatic heterocycles. The van der Waals surface area contributed by atoms with Crippen molar-refractivity contribution < 1.29 is 19.5 Å². The highest BCUT2D eigenvalue weighted by atomic mass is 16.6. The molecular formula is C31H32N2O5. The molecule has 38 heavy (non-hydrogen) atoms. The molecular weight excluding hydrogens is 480 g/mol. The molecule has 0 amide bonds. The van der Waals surface area contributed by atoms with Crippen LogP contribution in [0.3, 0.4) is 0 Å². The maximum Gasteiger partial charge on any atom is 0.269 e. The first kappa shape index (κ1) is 26.9. The Labute approximate surface area is 223 Å². The highest BCUT2D eigenvalue weighted by Crippen LogP contribution is 2.19. The third-order valence-electron chi connectivity index (χ3n) is 6.10. The minimum atomic E-state index is -0.690. The molecule has 0 aromatic heterocycles. The van der Waals surface area contributed by atoms with Crippen LogP contribution in [0.25, 0.3) is 0 Å². The van der Waals surface area contributed by atoms with Crippen LogP contribution in [-0.2, 0) is 19.6 Å². The van der Waals surface area contributed by atoms with Crippen LogP contribution in [0.1, 0.15) is 16.7 Å². The van der Waals surface area contributed by atoms with Gasteiger partial charge in [-0.25, -0.2) is 0 Å². The fraction of sp³-hybridized carbons (Fsp3) is 0.226. The van der Waals surface area contributed by atoms with Crippen molar-refractivity contribution in [2.45, 2.75) is 25.7 Å². The number of aliphatic hydroxyl groups is 1. The lowest BCUT2D eigenvalue weighted by atomic mass is 10.1. The summed E-state index contributed by atoms with van der Waals surface area (Å²) in [6, 6.07) is 34.1. The zero-order valence-electron chi connectivity index (χ0n) is 21.2. The van der Waals surface area contributed by atoms with Crippen LogP contribution in [0.4, 0.5) is 5.69 Å². The lowest BCUT2D eigenvalue weighted by molar-refractivity contribution is -0.384. The van der Waals surface area contributed by atoms with Gasteiger partial charge in [-0.2, -0.15) is 0 Å². The molecule has 0 spiro atoms. The number of hydrogen-bond acceptors (Lipinski definition) is 6. The Bertz CT molecular complexity index is 1250. The van der Waals surface area contributed by atoms with E-state index in [9.17, 15) is 15.2 Å². The van der Waals surface area contributed by atoms with E-state index in [2.05, 4.69) is 17.0 Å². The molecule has 4 aromatic carbocycles. The van der Waals surface area contributed by atoms with Crippen LogP contribution in [-0.4, -0.2) is 40.7 Å². The largest absolute Gasteiger partial charge is 0.491 e. The predicted molar refractivity (Wildman–Crippen MR) is 147 cm³/mol. The van der Waals surface area contributed by atoms with E-state index in [1.54, 1.807) is 12.1 Å². The number of nitro groups is 1. The van der Waals surface area contributed by atoms with Gasteiger partial charge in [0.2, 0.25) is 0 Å². The van der Waals surface area contributed by atoms with Gasteiger partial charge in [0.05, 0.1) is 4.92 Å². The minimum Gasteiger partial charge on any atom is -0.491 e. The number of rotatable bonds is 14. The van der Waals surface area contributed by atoms with E-state index in [1.165, 1.54) is 12.1 Å². The molecule has 1 N–H and O–H groups in total. The van der Waals surface area contributed by atoms with Crippen molar-refractivity contribution in [2.75, 3.05) is 19.7 Å². The summed E-state index contributed by atoms with van der Waals surface area (Å²) in [5.74, 6) is 1.42. The van der Waals surface area contributed by atoms with Crippen LogP contribution < -0.4 is 9.47 Å². The summed E-state index contributed by atoms with van der Waals surface area (Å²) >= 11 is 0. The van der Waals surface area contributed by atoms with E-state index in [-0.39, 0.29) is 12.3 Å². The van der Waals surface area contributed by atoms with E-state index in [0.717, 1.165) is 22.4 Å². The number of aliphatic hydroxyl groups excluding tert-OH is 1. The third kappa shape index (κ3) is 8.73. The van der Waals surface area contributed by atoms with E-state index in [0.29, 0.717) is 38.4 Å². The van der Waals surface area contributed by atoms with Crippen molar-refractivity contribution in [1.82, 2.24) is 4.90 Å². The first-order valence-electron chi connectivity index (χ1n) is 12.6. The van der Waals surface area contributed by atoms with Crippen molar-refractivity contribution in [3.63, 3.8) is 0 Å².